The predicted octanol–water partition coefficient (Wildman–Crippen LogP) is 1.84. The second kappa shape index (κ2) is 7.09. The molecule has 134 valence electrons. The van der Waals surface area contributed by atoms with Gasteiger partial charge in [0.15, 0.2) is 0 Å². The molecule has 2 aromatic rings. The van der Waals surface area contributed by atoms with E-state index >= 15 is 0 Å². The molecule has 2 aliphatic heterocycles. The first kappa shape index (κ1) is 16.5. The number of ether oxygens (including phenoxy) is 1. The van der Waals surface area contributed by atoms with Gasteiger partial charge in [-0.2, -0.15) is 5.10 Å². The molecule has 0 unspecified atom stereocenters. The number of aryl methyl sites for hydroxylation is 1. The number of anilines is 1. The molecule has 7 nitrogen and oxygen atoms in total. The van der Waals surface area contributed by atoms with Gasteiger partial charge in [-0.15, -0.1) is 0 Å². The first-order chi connectivity index (χ1) is 12.2. The lowest BCUT2D eigenvalue weighted by atomic mass is 9.82. The fourth-order valence-corrected chi connectivity index (χ4v) is 3.96. The summed E-state index contributed by atoms with van der Waals surface area (Å²) in [4.78, 5) is 11.1. The fraction of sp³-hybridized carbons (Fsp3) is 0.611. The smallest absolute Gasteiger partial charge is 0.222 e. The number of rotatable bonds is 4. The fourth-order valence-electron chi connectivity index (χ4n) is 3.96. The highest BCUT2D eigenvalue weighted by atomic mass is 16.5. The van der Waals surface area contributed by atoms with Crippen LogP contribution in [0.15, 0.2) is 30.7 Å². The molecule has 0 amide bonds. The number of hydrogen-bond donors (Lipinski definition) is 1. The predicted molar refractivity (Wildman–Crippen MR) is 95.1 cm³/mol. The van der Waals surface area contributed by atoms with Gasteiger partial charge in [0.25, 0.3) is 0 Å². The Bertz CT molecular complexity index is 680. The highest BCUT2D eigenvalue weighted by molar-refractivity contribution is 5.25. The van der Waals surface area contributed by atoms with Crippen molar-refractivity contribution < 1.29 is 4.74 Å². The average Bonchev–Trinajstić information content (AvgIpc) is 3.03. The second-order valence-electron chi connectivity index (χ2n) is 7.16. The van der Waals surface area contributed by atoms with E-state index < -0.39 is 0 Å². The maximum Gasteiger partial charge on any atom is 0.222 e. The Morgan fingerprint density at radius 2 is 2.04 bits per heavy atom. The lowest BCUT2D eigenvalue weighted by molar-refractivity contribution is -0.115. The summed E-state index contributed by atoms with van der Waals surface area (Å²) in [5, 5.41) is 7.74. The molecule has 0 saturated carbocycles. The number of nitrogens with zero attached hydrogens (tertiary/aromatic N) is 5. The van der Waals surface area contributed by atoms with E-state index in [1.54, 1.807) is 12.4 Å². The Balaban J connectivity index is 1.33. The quantitative estimate of drug-likeness (QED) is 0.914. The van der Waals surface area contributed by atoms with Crippen LogP contribution in [0.2, 0.25) is 0 Å². The van der Waals surface area contributed by atoms with Crippen molar-refractivity contribution in [2.45, 2.75) is 43.9 Å². The Labute approximate surface area is 148 Å². The number of piperidine rings is 1. The Hall–Kier alpha value is -1.99. The third kappa shape index (κ3) is 3.82. The molecule has 7 heteroatoms. The second-order valence-corrected chi connectivity index (χ2v) is 7.16. The molecular weight excluding hydrogens is 316 g/mol. The molecular formula is C18H26N6O. The Morgan fingerprint density at radius 1 is 1.24 bits per heavy atom. The number of aromatic nitrogens is 4. The monoisotopic (exact) mass is 342 g/mol. The zero-order chi connectivity index (χ0) is 17.1. The summed E-state index contributed by atoms with van der Waals surface area (Å²) in [6, 6.07) is 4.33. The maximum absolute atomic E-state index is 6.26. The van der Waals surface area contributed by atoms with Crippen LogP contribution in [0.1, 0.15) is 31.4 Å². The van der Waals surface area contributed by atoms with E-state index in [1.807, 2.05) is 24.0 Å². The molecule has 1 atom stereocenters. The van der Waals surface area contributed by atoms with Crippen LogP contribution in [0.3, 0.4) is 0 Å². The molecule has 1 spiro atoms. The molecule has 0 bridgehead atoms. The molecule has 25 heavy (non-hydrogen) atoms. The van der Waals surface area contributed by atoms with Crippen molar-refractivity contribution in [1.82, 2.24) is 24.6 Å². The van der Waals surface area contributed by atoms with Crippen LogP contribution in [-0.4, -0.2) is 56.0 Å². The molecule has 2 fully saturated rings. The number of nitrogens with one attached hydrogen (secondary N) is 1. The summed E-state index contributed by atoms with van der Waals surface area (Å²) in [6.45, 7) is 3.91. The average molecular weight is 342 g/mol. The van der Waals surface area contributed by atoms with Crippen molar-refractivity contribution in [1.29, 1.82) is 0 Å². The van der Waals surface area contributed by atoms with Crippen molar-refractivity contribution >= 4 is 5.95 Å². The van der Waals surface area contributed by atoms with Gasteiger partial charge >= 0.3 is 0 Å². The molecule has 2 saturated heterocycles. The molecule has 4 heterocycles. The summed E-state index contributed by atoms with van der Waals surface area (Å²) < 4.78 is 8.22. The first-order valence-electron chi connectivity index (χ1n) is 9.09. The van der Waals surface area contributed by atoms with Crippen LogP contribution in [0.4, 0.5) is 5.95 Å². The zero-order valence-corrected chi connectivity index (χ0v) is 14.8. The van der Waals surface area contributed by atoms with Gasteiger partial charge < -0.3 is 10.1 Å². The van der Waals surface area contributed by atoms with Crippen molar-refractivity contribution in [3.05, 3.63) is 36.4 Å². The zero-order valence-electron chi connectivity index (χ0n) is 14.8. The lowest BCUT2D eigenvalue weighted by Crippen LogP contribution is -2.51. The van der Waals surface area contributed by atoms with E-state index in [1.165, 1.54) is 5.69 Å². The van der Waals surface area contributed by atoms with Crippen LogP contribution < -0.4 is 5.32 Å². The molecule has 1 N–H and O–H groups in total. The summed E-state index contributed by atoms with van der Waals surface area (Å²) in [5.74, 6) is 0.721. The van der Waals surface area contributed by atoms with E-state index in [2.05, 4.69) is 31.3 Å². The molecule has 0 aliphatic carbocycles. The number of hydrogen-bond acceptors (Lipinski definition) is 6. The van der Waals surface area contributed by atoms with E-state index in [0.717, 1.165) is 57.9 Å². The first-order valence-corrected chi connectivity index (χ1v) is 9.09. The highest BCUT2D eigenvalue weighted by Gasteiger charge is 2.40. The van der Waals surface area contributed by atoms with Crippen molar-refractivity contribution in [2.75, 3.05) is 25.0 Å². The van der Waals surface area contributed by atoms with E-state index in [4.69, 9.17) is 4.74 Å². The molecule has 4 rings (SSSR count). The third-order valence-corrected chi connectivity index (χ3v) is 5.47. The minimum absolute atomic E-state index is 0.00759. The SMILES string of the molecule is Cn1nccc1CN1CCC2(CC1)C[C@@H](Nc1ncccn1)CCO2. The van der Waals surface area contributed by atoms with Gasteiger partial charge in [-0.25, -0.2) is 9.97 Å². The Kier molecular flexibility index (Phi) is 4.67. The molecule has 0 radical (unpaired) electrons. The molecule has 2 aliphatic rings. The van der Waals surface area contributed by atoms with E-state index in [-0.39, 0.29) is 5.60 Å². The number of likely N-dealkylation sites (tertiary alicyclic amines) is 1. The summed E-state index contributed by atoms with van der Waals surface area (Å²) >= 11 is 0. The third-order valence-electron chi connectivity index (χ3n) is 5.47. The normalized spacial score (nSPS) is 23.6. The van der Waals surface area contributed by atoms with Crippen LogP contribution >= 0.6 is 0 Å². The lowest BCUT2D eigenvalue weighted by Gasteiger charge is -2.46. The molecule has 0 aromatic carbocycles. The maximum atomic E-state index is 6.26. The minimum atomic E-state index is 0.00759. The Morgan fingerprint density at radius 3 is 2.76 bits per heavy atom. The van der Waals surface area contributed by atoms with Gasteiger partial charge in [0.1, 0.15) is 0 Å². The van der Waals surface area contributed by atoms with Crippen LogP contribution in [0.25, 0.3) is 0 Å². The highest BCUT2D eigenvalue weighted by Crippen LogP contribution is 2.36. The largest absolute Gasteiger partial charge is 0.375 e. The van der Waals surface area contributed by atoms with E-state index in [0.29, 0.717) is 6.04 Å². The van der Waals surface area contributed by atoms with Crippen molar-refractivity contribution in [2.24, 2.45) is 7.05 Å². The van der Waals surface area contributed by atoms with E-state index in [9.17, 15) is 0 Å². The van der Waals surface area contributed by atoms with Gasteiger partial charge in [0.05, 0.1) is 11.3 Å². The van der Waals surface area contributed by atoms with Gasteiger partial charge in [-0.05, 0) is 37.8 Å². The van der Waals surface area contributed by atoms with Crippen molar-refractivity contribution in [3.63, 3.8) is 0 Å². The van der Waals surface area contributed by atoms with Gasteiger partial charge in [-0.1, -0.05) is 0 Å². The minimum Gasteiger partial charge on any atom is -0.375 e. The van der Waals surface area contributed by atoms with Crippen LogP contribution in [-0.2, 0) is 18.3 Å². The van der Waals surface area contributed by atoms with Crippen molar-refractivity contribution in [3.8, 4) is 0 Å². The van der Waals surface area contributed by atoms with Crippen LogP contribution in [0.5, 0.6) is 0 Å². The van der Waals surface area contributed by atoms with Gasteiger partial charge in [0.2, 0.25) is 5.95 Å². The summed E-state index contributed by atoms with van der Waals surface area (Å²) in [6.07, 6.45) is 9.64. The summed E-state index contributed by atoms with van der Waals surface area (Å²) in [7, 11) is 2.01. The van der Waals surface area contributed by atoms with Gasteiger partial charge in [0, 0.05) is 57.9 Å². The molecule has 2 aromatic heterocycles. The van der Waals surface area contributed by atoms with Crippen LogP contribution in [0, 0.1) is 0 Å². The van der Waals surface area contributed by atoms with Gasteiger partial charge in [-0.3, -0.25) is 9.58 Å². The summed E-state index contributed by atoms with van der Waals surface area (Å²) in [5.41, 5.74) is 1.27. The standard InChI is InChI=1S/C18H26N6O/c1-23-16(3-9-21-23)14-24-10-5-18(6-11-24)13-15(4-12-25-18)22-17-19-7-2-8-20-17/h2-3,7-9,15H,4-6,10-14H2,1H3,(H,19,20,22)/t15-/m0/s1. The topological polar surface area (TPSA) is 68.1 Å².